The van der Waals surface area contributed by atoms with Crippen LogP contribution in [0.3, 0.4) is 0 Å². The predicted octanol–water partition coefficient (Wildman–Crippen LogP) is 3.48. The van der Waals surface area contributed by atoms with Gasteiger partial charge in [0.15, 0.2) is 0 Å². The molecule has 0 aliphatic carbocycles. The molecule has 2 rings (SSSR count). The van der Waals surface area contributed by atoms with Crippen molar-refractivity contribution >= 4 is 15.9 Å². The van der Waals surface area contributed by atoms with E-state index in [-0.39, 0.29) is 5.92 Å². The van der Waals surface area contributed by atoms with Crippen LogP contribution in [-0.2, 0) is 6.54 Å². The molecule has 0 saturated heterocycles. The van der Waals surface area contributed by atoms with Crippen LogP contribution >= 0.6 is 15.9 Å². The van der Waals surface area contributed by atoms with E-state index in [9.17, 15) is 0 Å². The summed E-state index contributed by atoms with van der Waals surface area (Å²) in [6.45, 7) is 6.04. The molecule has 0 N–H and O–H groups in total. The summed E-state index contributed by atoms with van der Waals surface area (Å²) in [4.78, 5) is 2.12. The van der Waals surface area contributed by atoms with Crippen molar-refractivity contribution in [2.45, 2.75) is 20.4 Å². The minimum atomic E-state index is -0.0180. The van der Waals surface area contributed by atoms with Gasteiger partial charge in [0.1, 0.15) is 0 Å². The molecule has 6 heteroatoms. The molecule has 1 aromatic heterocycles. The summed E-state index contributed by atoms with van der Waals surface area (Å²) in [5.74, 6) is 1.05. The molecule has 0 radical (unpaired) electrons. The first-order valence-corrected chi connectivity index (χ1v) is 7.62. The van der Waals surface area contributed by atoms with Crippen LogP contribution in [0, 0.1) is 17.2 Å². The summed E-state index contributed by atoms with van der Waals surface area (Å²) in [7, 11) is 0. The highest BCUT2D eigenvalue weighted by Gasteiger charge is 2.15. The van der Waals surface area contributed by atoms with E-state index in [4.69, 9.17) is 9.68 Å². The van der Waals surface area contributed by atoms with Gasteiger partial charge in [0.2, 0.25) is 11.8 Å². The Kier molecular flexibility index (Phi) is 5.48. The highest BCUT2D eigenvalue weighted by molar-refractivity contribution is 9.10. The largest absolute Gasteiger partial charge is 0.419 e. The Balaban J connectivity index is 2.10. The van der Waals surface area contributed by atoms with Gasteiger partial charge in [0.05, 0.1) is 24.1 Å². The van der Waals surface area contributed by atoms with Gasteiger partial charge in [-0.1, -0.05) is 19.1 Å². The fourth-order valence-electron chi connectivity index (χ4n) is 1.99. The van der Waals surface area contributed by atoms with Gasteiger partial charge < -0.3 is 4.42 Å². The smallest absolute Gasteiger partial charge is 0.248 e. The zero-order valence-corrected chi connectivity index (χ0v) is 13.7. The van der Waals surface area contributed by atoms with E-state index in [2.05, 4.69) is 44.0 Å². The molecule has 0 fully saturated rings. The van der Waals surface area contributed by atoms with Crippen molar-refractivity contribution in [3.05, 3.63) is 34.6 Å². The van der Waals surface area contributed by atoms with Gasteiger partial charge in [-0.3, -0.25) is 4.90 Å². The van der Waals surface area contributed by atoms with Gasteiger partial charge in [0.25, 0.3) is 0 Å². The van der Waals surface area contributed by atoms with Gasteiger partial charge in [-0.2, -0.15) is 5.26 Å². The van der Waals surface area contributed by atoms with Gasteiger partial charge in [0, 0.05) is 11.0 Å². The summed E-state index contributed by atoms with van der Waals surface area (Å²) in [5, 5.41) is 17.1. The third kappa shape index (κ3) is 4.13. The van der Waals surface area contributed by atoms with Gasteiger partial charge in [-0.15, -0.1) is 10.2 Å². The highest BCUT2D eigenvalue weighted by atomic mass is 79.9. The molecule has 1 heterocycles. The molecular weight excluding hydrogens is 332 g/mol. The van der Waals surface area contributed by atoms with Gasteiger partial charge >= 0.3 is 0 Å². The number of aromatic nitrogens is 2. The third-order valence-electron chi connectivity index (χ3n) is 3.13. The molecule has 0 saturated carbocycles. The maximum Gasteiger partial charge on any atom is 0.248 e. The van der Waals surface area contributed by atoms with Crippen LogP contribution in [0.25, 0.3) is 11.5 Å². The lowest BCUT2D eigenvalue weighted by Crippen LogP contribution is -2.27. The van der Waals surface area contributed by atoms with Crippen LogP contribution in [0.15, 0.2) is 33.2 Å². The van der Waals surface area contributed by atoms with Gasteiger partial charge in [-0.25, -0.2) is 0 Å². The summed E-state index contributed by atoms with van der Waals surface area (Å²) in [6.07, 6.45) is 0. The van der Waals surface area contributed by atoms with E-state index in [0.717, 1.165) is 16.6 Å². The second-order valence-electron chi connectivity index (χ2n) is 4.84. The van der Waals surface area contributed by atoms with E-state index in [1.165, 1.54) is 0 Å². The molecule has 5 nitrogen and oxygen atoms in total. The van der Waals surface area contributed by atoms with Crippen LogP contribution in [0.5, 0.6) is 0 Å². The number of hydrogen-bond acceptors (Lipinski definition) is 5. The molecule has 0 bridgehead atoms. The number of rotatable bonds is 6. The lowest BCUT2D eigenvalue weighted by Gasteiger charge is -2.19. The highest BCUT2D eigenvalue weighted by Crippen LogP contribution is 2.26. The fourth-order valence-corrected chi connectivity index (χ4v) is 2.44. The van der Waals surface area contributed by atoms with Crippen molar-refractivity contribution in [2.75, 3.05) is 13.1 Å². The number of benzene rings is 1. The molecule has 1 atom stereocenters. The standard InChI is InChI=1S/C15H17BrN4O/c1-3-20(9-11(2)8-17)10-14-18-19-15(21-14)12-6-4-5-7-13(12)16/h4-7,11H,3,9-10H2,1-2H3/t11-/m0/s1. The molecule has 0 aliphatic heterocycles. The van der Waals surface area contributed by atoms with Crippen molar-refractivity contribution in [3.8, 4) is 17.5 Å². The Hall–Kier alpha value is -1.71. The van der Waals surface area contributed by atoms with E-state index in [0.29, 0.717) is 24.9 Å². The minimum Gasteiger partial charge on any atom is -0.419 e. The normalized spacial score (nSPS) is 12.3. The van der Waals surface area contributed by atoms with E-state index in [1.54, 1.807) is 0 Å². The monoisotopic (exact) mass is 348 g/mol. The number of nitriles is 1. The molecule has 110 valence electrons. The Morgan fingerprint density at radius 1 is 1.38 bits per heavy atom. The van der Waals surface area contributed by atoms with Crippen molar-refractivity contribution in [1.82, 2.24) is 15.1 Å². The lowest BCUT2D eigenvalue weighted by atomic mass is 10.2. The summed E-state index contributed by atoms with van der Waals surface area (Å²) < 4.78 is 6.64. The Morgan fingerprint density at radius 2 is 2.14 bits per heavy atom. The topological polar surface area (TPSA) is 66.0 Å². The molecule has 1 aromatic carbocycles. The third-order valence-corrected chi connectivity index (χ3v) is 3.82. The molecule has 21 heavy (non-hydrogen) atoms. The van der Waals surface area contributed by atoms with Crippen LogP contribution < -0.4 is 0 Å². The maximum absolute atomic E-state index is 8.90. The van der Waals surface area contributed by atoms with E-state index < -0.39 is 0 Å². The number of halogens is 1. The first-order chi connectivity index (χ1) is 10.1. The van der Waals surface area contributed by atoms with Crippen LogP contribution in [0.4, 0.5) is 0 Å². The van der Waals surface area contributed by atoms with Crippen LogP contribution in [0.1, 0.15) is 19.7 Å². The van der Waals surface area contributed by atoms with Crippen LogP contribution in [0.2, 0.25) is 0 Å². The Morgan fingerprint density at radius 3 is 2.81 bits per heavy atom. The molecule has 0 amide bonds. The lowest BCUT2D eigenvalue weighted by molar-refractivity contribution is 0.235. The molecule has 0 aliphatic rings. The Bertz CT molecular complexity index is 635. The fraction of sp³-hybridized carbons (Fsp3) is 0.400. The van der Waals surface area contributed by atoms with Gasteiger partial charge in [-0.05, 0) is 41.5 Å². The van der Waals surface area contributed by atoms with E-state index in [1.807, 2.05) is 31.2 Å². The van der Waals surface area contributed by atoms with Crippen molar-refractivity contribution in [2.24, 2.45) is 5.92 Å². The predicted molar refractivity (Wildman–Crippen MR) is 83.2 cm³/mol. The molecule has 0 spiro atoms. The zero-order chi connectivity index (χ0) is 15.2. The summed E-state index contributed by atoms with van der Waals surface area (Å²) >= 11 is 3.47. The first kappa shape index (κ1) is 15.7. The Labute approximate surface area is 132 Å². The molecule has 0 unspecified atom stereocenters. The molecule has 2 aromatic rings. The zero-order valence-electron chi connectivity index (χ0n) is 12.1. The second kappa shape index (κ2) is 7.34. The van der Waals surface area contributed by atoms with E-state index >= 15 is 0 Å². The SMILES string of the molecule is CCN(Cc1nnc(-c2ccccc2Br)o1)C[C@@H](C)C#N. The summed E-state index contributed by atoms with van der Waals surface area (Å²) in [5.41, 5.74) is 0.879. The maximum atomic E-state index is 8.90. The van der Waals surface area contributed by atoms with Crippen molar-refractivity contribution in [1.29, 1.82) is 5.26 Å². The number of nitrogens with zero attached hydrogens (tertiary/aromatic N) is 4. The summed E-state index contributed by atoms with van der Waals surface area (Å²) in [6, 6.07) is 9.97. The van der Waals surface area contributed by atoms with Crippen LogP contribution in [-0.4, -0.2) is 28.2 Å². The number of hydrogen-bond donors (Lipinski definition) is 0. The molecular formula is C15H17BrN4O. The van der Waals surface area contributed by atoms with Crippen molar-refractivity contribution < 1.29 is 4.42 Å². The first-order valence-electron chi connectivity index (χ1n) is 6.83. The average Bonchev–Trinajstić information content (AvgIpc) is 2.95. The minimum absolute atomic E-state index is 0.0180. The van der Waals surface area contributed by atoms with Crippen molar-refractivity contribution in [3.63, 3.8) is 0 Å². The second-order valence-corrected chi connectivity index (χ2v) is 5.69. The quantitative estimate of drug-likeness (QED) is 0.799. The average molecular weight is 349 g/mol.